The monoisotopic (exact) mass is 289 g/mol. The predicted octanol–water partition coefficient (Wildman–Crippen LogP) is 4.92. The van der Waals surface area contributed by atoms with Crippen LogP contribution in [0.2, 0.25) is 0 Å². The summed E-state index contributed by atoms with van der Waals surface area (Å²) in [6, 6.07) is 9.63. The maximum Gasteiger partial charge on any atom is 0.126 e. The average molecular weight is 289 g/mol. The Kier molecular flexibility index (Phi) is 4.51. The summed E-state index contributed by atoms with van der Waals surface area (Å²) in [5.41, 5.74) is 9.96. The summed E-state index contributed by atoms with van der Waals surface area (Å²) < 4.78 is 13.7. The van der Waals surface area contributed by atoms with Crippen molar-refractivity contribution >= 4 is 11.8 Å². The van der Waals surface area contributed by atoms with Crippen LogP contribution in [0, 0.1) is 26.6 Å². The fourth-order valence-corrected chi connectivity index (χ4v) is 3.34. The van der Waals surface area contributed by atoms with Gasteiger partial charge in [-0.1, -0.05) is 29.5 Å². The summed E-state index contributed by atoms with van der Waals surface area (Å²) >= 11 is 1.65. The topological polar surface area (TPSA) is 26.0 Å². The molecule has 106 valence electrons. The largest absolute Gasteiger partial charge is 0.324 e. The molecule has 3 heteroatoms. The molecule has 0 aliphatic heterocycles. The highest BCUT2D eigenvalue weighted by Crippen LogP contribution is 2.36. The minimum absolute atomic E-state index is 0.182. The number of aryl methyl sites for hydroxylation is 3. The van der Waals surface area contributed by atoms with E-state index in [1.807, 2.05) is 13.0 Å². The Labute approximate surface area is 124 Å². The number of halogens is 1. The Balaban J connectivity index is 2.44. The second kappa shape index (κ2) is 5.98. The van der Waals surface area contributed by atoms with E-state index in [4.69, 9.17) is 5.73 Å². The number of hydrogen-bond acceptors (Lipinski definition) is 2. The van der Waals surface area contributed by atoms with E-state index in [0.29, 0.717) is 5.56 Å². The lowest BCUT2D eigenvalue weighted by molar-refractivity contribution is 0.610. The summed E-state index contributed by atoms with van der Waals surface area (Å²) in [6.07, 6.45) is 0. The van der Waals surface area contributed by atoms with Gasteiger partial charge in [-0.05, 0) is 62.6 Å². The zero-order chi connectivity index (χ0) is 14.9. The van der Waals surface area contributed by atoms with Gasteiger partial charge in [0.25, 0.3) is 0 Å². The fourth-order valence-electron chi connectivity index (χ4n) is 2.15. The first kappa shape index (κ1) is 15.1. The van der Waals surface area contributed by atoms with Crippen LogP contribution in [0.15, 0.2) is 40.1 Å². The van der Waals surface area contributed by atoms with Gasteiger partial charge in [0, 0.05) is 15.8 Å². The van der Waals surface area contributed by atoms with Crippen molar-refractivity contribution in [1.29, 1.82) is 0 Å². The van der Waals surface area contributed by atoms with Crippen molar-refractivity contribution in [3.05, 3.63) is 58.4 Å². The first-order chi connectivity index (χ1) is 9.38. The van der Waals surface area contributed by atoms with Crippen molar-refractivity contribution < 1.29 is 4.39 Å². The number of rotatable bonds is 3. The minimum Gasteiger partial charge on any atom is -0.324 e. The van der Waals surface area contributed by atoms with Crippen LogP contribution in [-0.4, -0.2) is 0 Å². The molecular formula is C17H20FNS. The Morgan fingerprint density at radius 3 is 2.30 bits per heavy atom. The van der Waals surface area contributed by atoms with Crippen LogP contribution < -0.4 is 5.73 Å². The number of benzene rings is 2. The summed E-state index contributed by atoms with van der Waals surface area (Å²) in [6.45, 7) is 7.84. The molecule has 0 fully saturated rings. The Hall–Kier alpha value is -1.32. The summed E-state index contributed by atoms with van der Waals surface area (Å²) in [7, 11) is 0. The second-order valence-electron chi connectivity index (χ2n) is 5.30. The fraction of sp³-hybridized carbons (Fsp3) is 0.294. The molecule has 0 amide bonds. The molecule has 0 bridgehead atoms. The minimum atomic E-state index is -0.192. The van der Waals surface area contributed by atoms with Crippen molar-refractivity contribution in [3.8, 4) is 0 Å². The molecule has 0 aliphatic carbocycles. The van der Waals surface area contributed by atoms with E-state index in [1.165, 1.54) is 16.0 Å². The van der Waals surface area contributed by atoms with Crippen molar-refractivity contribution in [2.24, 2.45) is 5.73 Å². The van der Waals surface area contributed by atoms with Crippen LogP contribution in [0.3, 0.4) is 0 Å². The summed E-state index contributed by atoms with van der Waals surface area (Å²) in [5.74, 6) is -0.192. The third-order valence-corrected chi connectivity index (χ3v) is 4.58. The molecule has 2 aromatic rings. The van der Waals surface area contributed by atoms with Gasteiger partial charge in [-0.2, -0.15) is 0 Å². The van der Waals surface area contributed by atoms with Crippen LogP contribution in [0.1, 0.15) is 35.2 Å². The molecule has 0 saturated heterocycles. The summed E-state index contributed by atoms with van der Waals surface area (Å²) in [4.78, 5) is 2.22. The molecule has 20 heavy (non-hydrogen) atoms. The summed E-state index contributed by atoms with van der Waals surface area (Å²) in [5, 5.41) is 0. The van der Waals surface area contributed by atoms with E-state index in [0.717, 1.165) is 10.5 Å². The van der Waals surface area contributed by atoms with E-state index in [-0.39, 0.29) is 11.9 Å². The van der Waals surface area contributed by atoms with Crippen LogP contribution in [0.4, 0.5) is 4.39 Å². The van der Waals surface area contributed by atoms with Gasteiger partial charge >= 0.3 is 0 Å². The number of hydrogen-bond donors (Lipinski definition) is 1. The molecule has 2 rings (SSSR count). The molecule has 1 unspecified atom stereocenters. The molecule has 0 spiro atoms. The van der Waals surface area contributed by atoms with E-state index < -0.39 is 0 Å². The van der Waals surface area contributed by atoms with Gasteiger partial charge in [0.2, 0.25) is 0 Å². The smallest absolute Gasteiger partial charge is 0.126 e. The SMILES string of the molecule is Cc1ccc(Sc2cc(C)c(F)cc2C(C)N)c(C)c1. The third-order valence-electron chi connectivity index (χ3n) is 3.33. The highest BCUT2D eigenvalue weighted by atomic mass is 32.2. The van der Waals surface area contributed by atoms with Crippen molar-refractivity contribution in [1.82, 2.24) is 0 Å². The molecule has 2 N–H and O–H groups in total. The highest BCUT2D eigenvalue weighted by molar-refractivity contribution is 7.99. The zero-order valence-corrected chi connectivity index (χ0v) is 13.1. The van der Waals surface area contributed by atoms with Crippen LogP contribution in [-0.2, 0) is 0 Å². The van der Waals surface area contributed by atoms with Gasteiger partial charge in [-0.3, -0.25) is 0 Å². The van der Waals surface area contributed by atoms with Crippen LogP contribution in [0.5, 0.6) is 0 Å². The quantitative estimate of drug-likeness (QED) is 0.867. The molecule has 0 radical (unpaired) electrons. The standard InChI is InChI=1S/C17H20FNS/c1-10-5-6-16(12(3)7-10)20-17-8-11(2)15(18)9-14(17)13(4)19/h5-9,13H,19H2,1-4H3. The van der Waals surface area contributed by atoms with Crippen molar-refractivity contribution in [3.63, 3.8) is 0 Å². The maximum atomic E-state index is 13.7. The highest BCUT2D eigenvalue weighted by Gasteiger charge is 2.13. The van der Waals surface area contributed by atoms with Gasteiger partial charge in [0.15, 0.2) is 0 Å². The maximum absolute atomic E-state index is 13.7. The molecule has 2 aromatic carbocycles. The van der Waals surface area contributed by atoms with E-state index in [2.05, 4.69) is 32.0 Å². The Bertz CT molecular complexity index is 635. The molecule has 1 atom stereocenters. The van der Waals surface area contributed by atoms with E-state index in [1.54, 1.807) is 24.8 Å². The van der Waals surface area contributed by atoms with Crippen LogP contribution >= 0.6 is 11.8 Å². The van der Waals surface area contributed by atoms with Gasteiger partial charge in [0.1, 0.15) is 5.82 Å². The lowest BCUT2D eigenvalue weighted by Crippen LogP contribution is -2.07. The number of nitrogens with two attached hydrogens (primary N) is 1. The molecule has 0 aromatic heterocycles. The first-order valence-electron chi connectivity index (χ1n) is 6.69. The van der Waals surface area contributed by atoms with Crippen molar-refractivity contribution in [2.45, 2.75) is 43.5 Å². The average Bonchev–Trinajstić information content (AvgIpc) is 2.36. The Morgan fingerprint density at radius 2 is 1.70 bits per heavy atom. The van der Waals surface area contributed by atoms with Gasteiger partial charge < -0.3 is 5.73 Å². The van der Waals surface area contributed by atoms with Gasteiger partial charge in [-0.25, -0.2) is 4.39 Å². The molecule has 0 aliphatic rings. The van der Waals surface area contributed by atoms with E-state index >= 15 is 0 Å². The second-order valence-corrected chi connectivity index (χ2v) is 6.38. The molecular weight excluding hydrogens is 269 g/mol. The lowest BCUT2D eigenvalue weighted by atomic mass is 10.1. The predicted molar refractivity (Wildman–Crippen MR) is 83.8 cm³/mol. The molecule has 1 nitrogen and oxygen atoms in total. The van der Waals surface area contributed by atoms with E-state index in [9.17, 15) is 4.39 Å². The van der Waals surface area contributed by atoms with Crippen LogP contribution in [0.25, 0.3) is 0 Å². The van der Waals surface area contributed by atoms with Gasteiger partial charge in [-0.15, -0.1) is 0 Å². The van der Waals surface area contributed by atoms with Gasteiger partial charge in [0.05, 0.1) is 0 Å². The normalized spacial score (nSPS) is 12.5. The van der Waals surface area contributed by atoms with Crippen molar-refractivity contribution in [2.75, 3.05) is 0 Å². The third kappa shape index (κ3) is 3.22. The Morgan fingerprint density at radius 1 is 1.00 bits per heavy atom. The molecule has 0 heterocycles. The first-order valence-corrected chi connectivity index (χ1v) is 7.51. The lowest BCUT2D eigenvalue weighted by Gasteiger charge is -2.15. The zero-order valence-electron chi connectivity index (χ0n) is 12.3. The molecule has 0 saturated carbocycles.